The van der Waals surface area contributed by atoms with Crippen LogP contribution in [-0.2, 0) is 6.54 Å². The van der Waals surface area contributed by atoms with E-state index in [1.807, 2.05) is 49.4 Å². The Morgan fingerprint density at radius 2 is 2.09 bits per heavy atom. The number of benzene rings is 2. The second-order valence-corrected chi connectivity index (χ2v) is 5.56. The van der Waals surface area contributed by atoms with Gasteiger partial charge in [-0.25, -0.2) is 0 Å². The minimum atomic E-state index is 0.278. The van der Waals surface area contributed by atoms with E-state index >= 15 is 0 Å². The van der Waals surface area contributed by atoms with E-state index in [4.69, 9.17) is 21.7 Å². The quantitative estimate of drug-likeness (QED) is 0.514. The van der Waals surface area contributed by atoms with E-state index in [1.165, 1.54) is 5.56 Å². The first-order valence-corrected chi connectivity index (χ1v) is 7.63. The van der Waals surface area contributed by atoms with E-state index in [9.17, 15) is 0 Å². The number of hydrogen-bond donors (Lipinski definition) is 2. The Balaban J connectivity index is 1.48. The summed E-state index contributed by atoms with van der Waals surface area (Å²) >= 11 is 5.20. The van der Waals surface area contributed by atoms with E-state index in [-0.39, 0.29) is 6.79 Å². The van der Waals surface area contributed by atoms with Crippen LogP contribution in [0.1, 0.15) is 16.7 Å². The fourth-order valence-corrected chi connectivity index (χ4v) is 2.31. The maximum absolute atomic E-state index is 5.35. The summed E-state index contributed by atoms with van der Waals surface area (Å²) < 4.78 is 10.6. The highest BCUT2D eigenvalue weighted by Gasteiger charge is 2.12. The number of nitrogens with one attached hydrogen (secondary N) is 2. The van der Waals surface area contributed by atoms with Crippen molar-refractivity contribution >= 4 is 23.5 Å². The molecule has 2 aromatic rings. The number of nitrogens with zero attached hydrogens (tertiary/aromatic N) is 1. The number of hydrogen-bond acceptors (Lipinski definition) is 4. The summed E-state index contributed by atoms with van der Waals surface area (Å²) in [5, 5.41) is 7.69. The molecule has 0 bridgehead atoms. The number of rotatable bonds is 4. The van der Waals surface area contributed by atoms with Gasteiger partial charge in [0.1, 0.15) is 0 Å². The Kier molecular flexibility index (Phi) is 4.73. The minimum absolute atomic E-state index is 0.278. The van der Waals surface area contributed by atoms with Gasteiger partial charge in [0.2, 0.25) is 6.79 Å². The van der Waals surface area contributed by atoms with E-state index in [0.717, 1.165) is 22.6 Å². The highest BCUT2D eigenvalue weighted by molar-refractivity contribution is 7.80. The van der Waals surface area contributed by atoms with Crippen LogP contribution in [0.4, 0.5) is 0 Å². The average Bonchev–Trinajstić information content (AvgIpc) is 3.00. The van der Waals surface area contributed by atoms with Gasteiger partial charge in [0.15, 0.2) is 16.6 Å². The summed E-state index contributed by atoms with van der Waals surface area (Å²) in [5.41, 5.74) is 6.08. The highest BCUT2D eigenvalue weighted by atomic mass is 32.1. The summed E-state index contributed by atoms with van der Waals surface area (Å²) in [4.78, 5) is 0. The lowest BCUT2D eigenvalue weighted by Gasteiger charge is -2.07. The second-order valence-electron chi connectivity index (χ2n) is 5.15. The molecule has 1 aliphatic heterocycles. The van der Waals surface area contributed by atoms with Crippen molar-refractivity contribution < 1.29 is 9.47 Å². The molecule has 0 aromatic heterocycles. The van der Waals surface area contributed by atoms with E-state index in [2.05, 4.69) is 15.8 Å². The molecular weight excluding hydrogens is 310 g/mol. The summed E-state index contributed by atoms with van der Waals surface area (Å²) in [6, 6.07) is 13.9. The molecule has 3 rings (SSSR count). The second kappa shape index (κ2) is 7.11. The van der Waals surface area contributed by atoms with Gasteiger partial charge in [0, 0.05) is 6.54 Å². The normalized spacial score (nSPS) is 12.4. The predicted octanol–water partition coefficient (Wildman–Crippen LogP) is 2.72. The zero-order chi connectivity index (χ0) is 16.1. The first-order chi connectivity index (χ1) is 11.2. The number of aryl methyl sites for hydroxylation is 1. The smallest absolute Gasteiger partial charge is 0.231 e. The Morgan fingerprint density at radius 1 is 1.22 bits per heavy atom. The van der Waals surface area contributed by atoms with E-state index in [1.54, 1.807) is 6.21 Å². The van der Waals surface area contributed by atoms with Crippen molar-refractivity contribution in [1.29, 1.82) is 0 Å². The molecule has 0 aliphatic carbocycles. The minimum Gasteiger partial charge on any atom is -0.454 e. The third-order valence-corrected chi connectivity index (χ3v) is 3.55. The van der Waals surface area contributed by atoms with Crippen LogP contribution in [0.5, 0.6) is 11.5 Å². The number of ether oxygens (including phenoxy) is 2. The van der Waals surface area contributed by atoms with Gasteiger partial charge in [-0.1, -0.05) is 35.9 Å². The number of hydrazone groups is 1. The van der Waals surface area contributed by atoms with Crippen LogP contribution in [0.3, 0.4) is 0 Å². The maximum Gasteiger partial charge on any atom is 0.231 e. The van der Waals surface area contributed by atoms with Crippen molar-refractivity contribution in [2.45, 2.75) is 13.5 Å². The van der Waals surface area contributed by atoms with Crippen molar-refractivity contribution in [3.8, 4) is 11.5 Å². The van der Waals surface area contributed by atoms with Crippen LogP contribution in [-0.4, -0.2) is 18.1 Å². The zero-order valence-electron chi connectivity index (χ0n) is 12.7. The van der Waals surface area contributed by atoms with Crippen LogP contribution >= 0.6 is 12.2 Å². The summed E-state index contributed by atoms with van der Waals surface area (Å²) in [6.45, 7) is 2.91. The van der Waals surface area contributed by atoms with Gasteiger partial charge in [-0.15, -0.1) is 0 Å². The first kappa shape index (κ1) is 15.3. The summed E-state index contributed by atoms with van der Waals surface area (Å²) in [7, 11) is 0. The van der Waals surface area contributed by atoms with Crippen molar-refractivity contribution in [3.63, 3.8) is 0 Å². The van der Waals surface area contributed by atoms with Crippen molar-refractivity contribution in [2.75, 3.05) is 6.79 Å². The Labute approximate surface area is 140 Å². The molecule has 5 nitrogen and oxygen atoms in total. The van der Waals surface area contributed by atoms with Gasteiger partial charge < -0.3 is 14.8 Å². The lowest BCUT2D eigenvalue weighted by molar-refractivity contribution is 0.174. The largest absolute Gasteiger partial charge is 0.454 e. The SMILES string of the molecule is Cc1cccc(/C=N\NC(=S)NCc2ccc3c(c2)OCO3)c1. The van der Waals surface area contributed by atoms with E-state index < -0.39 is 0 Å². The molecule has 1 aliphatic rings. The molecule has 0 atom stereocenters. The van der Waals surface area contributed by atoms with Crippen LogP contribution < -0.4 is 20.2 Å². The molecule has 0 radical (unpaired) electrons. The topological polar surface area (TPSA) is 54.9 Å². The van der Waals surface area contributed by atoms with Crippen LogP contribution in [0.15, 0.2) is 47.6 Å². The van der Waals surface area contributed by atoms with Crippen LogP contribution in [0.2, 0.25) is 0 Å². The van der Waals surface area contributed by atoms with Crippen molar-refractivity contribution in [1.82, 2.24) is 10.7 Å². The Morgan fingerprint density at radius 3 is 2.96 bits per heavy atom. The molecular formula is C17H17N3O2S. The van der Waals surface area contributed by atoms with Gasteiger partial charge in [0.25, 0.3) is 0 Å². The van der Waals surface area contributed by atoms with E-state index in [0.29, 0.717) is 11.7 Å². The molecule has 2 aromatic carbocycles. The first-order valence-electron chi connectivity index (χ1n) is 7.23. The highest BCUT2D eigenvalue weighted by Crippen LogP contribution is 2.32. The Bertz CT molecular complexity index is 746. The van der Waals surface area contributed by atoms with Crippen molar-refractivity contribution in [2.24, 2.45) is 5.10 Å². The molecule has 0 amide bonds. The fourth-order valence-electron chi connectivity index (χ4n) is 2.19. The standard InChI is InChI=1S/C17H17N3O2S/c1-12-3-2-4-13(7-12)10-19-20-17(23)18-9-14-5-6-15-16(8-14)22-11-21-15/h2-8,10H,9,11H2,1H3,(H2,18,20,23)/b19-10-. The molecule has 0 saturated heterocycles. The third-order valence-electron chi connectivity index (χ3n) is 3.31. The molecule has 0 fully saturated rings. The molecule has 0 unspecified atom stereocenters. The zero-order valence-corrected chi connectivity index (χ0v) is 13.5. The molecule has 118 valence electrons. The molecule has 23 heavy (non-hydrogen) atoms. The van der Waals surface area contributed by atoms with Gasteiger partial charge in [-0.3, -0.25) is 5.43 Å². The average molecular weight is 327 g/mol. The van der Waals surface area contributed by atoms with Crippen LogP contribution in [0, 0.1) is 6.92 Å². The van der Waals surface area contributed by atoms with Gasteiger partial charge in [-0.2, -0.15) is 5.10 Å². The molecule has 2 N–H and O–H groups in total. The number of fused-ring (bicyclic) bond motifs is 1. The lowest BCUT2D eigenvalue weighted by atomic mass is 10.2. The molecule has 6 heteroatoms. The fraction of sp³-hybridized carbons (Fsp3) is 0.176. The van der Waals surface area contributed by atoms with Gasteiger partial charge >= 0.3 is 0 Å². The predicted molar refractivity (Wildman–Crippen MR) is 93.9 cm³/mol. The van der Waals surface area contributed by atoms with Crippen LogP contribution in [0.25, 0.3) is 0 Å². The number of thiocarbonyl (C=S) groups is 1. The molecule has 0 spiro atoms. The maximum atomic E-state index is 5.35. The van der Waals surface area contributed by atoms with Gasteiger partial charge in [0.05, 0.1) is 6.21 Å². The third kappa shape index (κ3) is 4.20. The van der Waals surface area contributed by atoms with Gasteiger partial charge in [-0.05, 0) is 42.4 Å². The molecule has 0 saturated carbocycles. The summed E-state index contributed by atoms with van der Waals surface area (Å²) in [5.74, 6) is 1.54. The summed E-state index contributed by atoms with van der Waals surface area (Å²) in [6.07, 6.45) is 1.74. The lowest BCUT2D eigenvalue weighted by Crippen LogP contribution is -2.31. The molecule has 1 heterocycles. The monoisotopic (exact) mass is 327 g/mol. The van der Waals surface area contributed by atoms with Crippen molar-refractivity contribution in [3.05, 3.63) is 59.2 Å². The Hall–Kier alpha value is -2.60.